The summed E-state index contributed by atoms with van der Waals surface area (Å²) in [6, 6.07) is 17.6. The van der Waals surface area contributed by atoms with Crippen molar-refractivity contribution < 1.29 is 9.32 Å². The van der Waals surface area contributed by atoms with E-state index in [1.54, 1.807) is 6.92 Å². The summed E-state index contributed by atoms with van der Waals surface area (Å²) < 4.78 is 7.34. The van der Waals surface area contributed by atoms with Crippen LogP contribution in [0.15, 0.2) is 71.5 Å². The first-order valence-corrected chi connectivity index (χ1v) is 12.6. The van der Waals surface area contributed by atoms with Gasteiger partial charge < -0.3 is 19.7 Å². The first-order valence-electron chi connectivity index (χ1n) is 12.2. The van der Waals surface area contributed by atoms with E-state index < -0.39 is 0 Å². The van der Waals surface area contributed by atoms with Crippen LogP contribution < -0.4 is 5.73 Å². The van der Waals surface area contributed by atoms with Crippen LogP contribution in [-0.2, 0) is 6.54 Å². The zero-order valence-corrected chi connectivity index (χ0v) is 21.7. The number of amides is 1. The fraction of sp³-hybridized carbons (Fsp3) is 0.321. The smallest absolute Gasteiger partial charge is 0.259 e. The van der Waals surface area contributed by atoms with E-state index in [0.29, 0.717) is 42.4 Å². The van der Waals surface area contributed by atoms with Gasteiger partial charge in [0.1, 0.15) is 17.1 Å². The first-order chi connectivity index (χ1) is 17.4. The first kappa shape index (κ1) is 25.7. The number of aryl methyl sites for hydroxylation is 1. The van der Waals surface area contributed by atoms with Crippen LogP contribution in [0.25, 0.3) is 11.3 Å². The fourth-order valence-electron chi connectivity index (χ4n) is 4.44. The lowest BCUT2D eigenvalue weighted by Gasteiger charge is -2.34. The average Bonchev–Trinajstić information content (AvgIpc) is 3.48. The number of hydrogen-bond donors (Lipinski definition) is 1. The second-order valence-electron chi connectivity index (χ2n) is 9.23. The minimum absolute atomic E-state index is 0.0797. The van der Waals surface area contributed by atoms with Gasteiger partial charge in [0.25, 0.3) is 5.91 Å². The van der Waals surface area contributed by atoms with Crippen molar-refractivity contribution in [2.45, 2.75) is 39.8 Å². The summed E-state index contributed by atoms with van der Waals surface area (Å²) in [5.41, 5.74) is 9.19. The maximum absolute atomic E-state index is 13.8. The van der Waals surface area contributed by atoms with E-state index in [2.05, 4.69) is 35.7 Å². The Hall–Kier alpha value is -3.42. The Labute approximate surface area is 216 Å². The predicted octanol–water partition coefficient (Wildman–Crippen LogP) is 5.74. The van der Waals surface area contributed by atoms with E-state index in [9.17, 15) is 4.79 Å². The highest BCUT2D eigenvalue weighted by Gasteiger charge is 2.33. The third kappa shape index (κ3) is 5.69. The van der Waals surface area contributed by atoms with Crippen molar-refractivity contribution in [2.75, 3.05) is 13.1 Å². The molecule has 0 fully saturated rings. The Balaban J connectivity index is 1.83. The van der Waals surface area contributed by atoms with Crippen LogP contribution >= 0.6 is 11.6 Å². The number of aromatic nitrogens is 3. The molecule has 188 valence electrons. The molecule has 0 aliphatic rings. The van der Waals surface area contributed by atoms with Crippen LogP contribution in [0, 0.1) is 12.8 Å². The van der Waals surface area contributed by atoms with Crippen LogP contribution in [0.4, 0.5) is 0 Å². The highest BCUT2D eigenvalue weighted by molar-refractivity contribution is 6.30. The Morgan fingerprint density at radius 1 is 1.17 bits per heavy atom. The van der Waals surface area contributed by atoms with Crippen molar-refractivity contribution in [2.24, 2.45) is 11.7 Å². The Morgan fingerprint density at radius 2 is 1.94 bits per heavy atom. The number of imidazole rings is 1. The van der Waals surface area contributed by atoms with Gasteiger partial charge in [-0.2, -0.15) is 0 Å². The van der Waals surface area contributed by atoms with Gasteiger partial charge >= 0.3 is 0 Å². The maximum Gasteiger partial charge on any atom is 0.259 e. The van der Waals surface area contributed by atoms with Gasteiger partial charge in [-0.05, 0) is 43.5 Å². The molecule has 0 aliphatic heterocycles. The average molecular weight is 506 g/mol. The molecule has 4 aromatic rings. The highest BCUT2D eigenvalue weighted by atomic mass is 35.5. The predicted molar refractivity (Wildman–Crippen MR) is 142 cm³/mol. The number of halogens is 1. The van der Waals surface area contributed by atoms with E-state index in [0.717, 1.165) is 22.6 Å². The van der Waals surface area contributed by atoms with Crippen molar-refractivity contribution >= 4 is 17.5 Å². The van der Waals surface area contributed by atoms with Crippen LogP contribution in [0.5, 0.6) is 0 Å². The summed E-state index contributed by atoms with van der Waals surface area (Å²) in [7, 11) is 0. The molecular weight excluding hydrogens is 474 g/mol. The number of nitrogens with two attached hydrogens (primary N) is 1. The number of nitrogens with zero attached hydrogens (tertiary/aromatic N) is 4. The fourth-order valence-corrected chi connectivity index (χ4v) is 4.63. The number of benzene rings is 2. The molecule has 1 atom stereocenters. The van der Waals surface area contributed by atoms with Gasteiger partial charge in [-0.3, -0.25) is 4.79 Å². The van der Waals surface area contributed by atoms with Crippen LogP contribution in [-0.4, -0.2) is 38.6 Å². The second-order valence-corrected chi connectivity index (χ2v) is 9.67. The minimum atomic E-state index is -0.296. The summed E-state index contributed by atoms with van der Waals surface area (Å²) in [5.74, 6) is 1.24. The molecular formula is C28H32ClN5O2. The molecule has 0 bridgehead atoms. The van der Waals surface area contributed by atoms with E-state index >= 15 is 0 Å². The summed E-state index contributed by atoms with van der Waals surface area (Å²) in [4.78, 5) is 20.7. The zero-order chi connectivity index (χ0) is 25.7. The van der Waals surface area contributed by atoms with Crippen molar-refractivity contribution in [3.8, 4) is 11.3 Å². The van der Waals surface area contributed by atoms with Crippen molar-refractivity contribution in [3.05, 3.63) is 94.7 Å². The monoisotopic (exact) mass is 505 g/mol. The van der Waals surface area contributed by atoms with Gasteiger partial charge in [-0.15, -0.1) is 0 Å². The molecule has 0 saturated heterocycles. The van der Waals surface area contributed by atoms with Crippen molar-refractivity contribution in [1.29, 1.82) is 0 Å². The number of carbonyl (C=O) groups is 1. The molecule has 2 heterocycles. The molecule has 36 heavy (non-hydrogen) atoms. The van der Waals surface area contributed by atoms with E-state index in [1.165, 1.54) is 6.20 Å². The van der Waals surface area contributed by atoms with E-state index in [4.69, 9.17) is 26.8 Å². The topological polar surface area (TPSA) is 90.2 Å². The largest absolute Gasteiger partial charge is 0.361 e. The minimum Gasteiger partial charge on any atom is -0.361 e. The lowest BCUT2D eigenvalue weighted by atomic mass is 9.99. The number of hydrogen-bond acceptors (Lipinski definition) is 5. The molecule has 0 spiro atoms. The lowest BCUT2D eigenvalue weighted by molar-refractivity contribution is 0.0603. The highest BCUT2D eigenvalue weighted by Crippen LogP contribution is 2.33. The number of rotatable bonds is 10. The van der Waals surface area contributed by atoms with Gasteiger partial charge in [-0.25, -0.2) is 4.98 Å². The Kier molecular flexibility index (Phi) is 8.23. The molecule has 1 unspecified atom stereocenters. The SMILES string of the molecule is Cc1oncc1C(=O)N(CCCN)C(c1nc(-c2cccc(Cl)c2)cn1Cc1ccccc1)C(C)C. The van der Waals surface area contributed by atoms with Crippen molar-refractivity contribution in [1.82, 2.24) is 19.6 Å². The summed E-state index contributed by atoms with van der Waals surface area (Å²) in [6.07, 6.45) is 4.19. The molecule has 1 amide bonds. The van der Waals surface area contributed by atoms with Crippen LogP contribution in [0.3, 0.4) is 0 Å². The lowest BCUT2D eigenvalue weighted by Crippen LogP contribution is -2.40. The maximum atomic E-state index is 13.8. The summed E-state index contributed by atoms with van der Waals surface area (Å²) in [5, 5.41) is 4.48. The number of carbonyl (C=O) groups excluding carboxylic acids is 1. The quantitative estimate of drug-likeness (QED) is 0.297. The molecule has 2 aromatic heterocycles. The normalized spacial score (nSPS) is 12.2. The van der Waals surface area contributed by atoms with E-state index in [-0.39, 0.29) is 17.9 Å². The van der Waals surface area contributed by atoms with Crippen LogP contribution in [0.1, 0.15) is 53.8 Å². The van der Waals surface area contributed by atoms with Crippen LogP contribution in [0.2, 0.25) is 5.02 Å². The molecule has 2 aromatic carbocycles. The van der Waals surface area contributed by atoms with Gasteiger partial charge in [0, 0.05) is 29.9 Å². The summed E-state index contributed by atoms with van der Waals surface area (Å²) >= 11 is 6.29. The molecule has 7 nitrogen and oxygen atoms in total. The molecule has 8 heteroatoms. The van der Waals surface area contributed by atoms with Crippen molar-refractivity contribution in [3.63, 3.8) is 0 Å². The second kappa shape index (κ2) is 11.5. The Bertz CT molecular complexity index is 1300. The third-order valence-electron chi connectivity index (χ3n) is 6.20. The van der Waals surface area contributed by atoms with Gasteiger partial charge in [0.2, 0.25) is 0 Å². The zero-order valence-electron chi connectivity index (χ0n) is 20.9. The standard InChI is InChI=1S/C28H32ClN5O2/c1-19(2)26(34(14-8-13-30)28(35)24-16-31-36-20(24)3)27-32-25(22-11-7-12-23(29)15-22)18-33(27)17-21-9-5-4-6-10-21/h4-7,9-12,15-16,18-19,26H,8,13-14,17,30H2,1-3H3. The summed E-state index contributed by atoms with van der Waals surface area (Å²) in [6.45, 7) is 7.55. The molecule has 4 rings (SSSR count). The molecule has 0 radical (unpaired) electrons. The third-order valence-corrected chi connectivity index (χ3v) is 6.44. The van der Waals surface area contributed by atoms with Gasteiger partial charge in [-0.1, -0.05) is 73.1 Å². The molecule has 2 N–H and O–H groups in total. The molecule has 0 aliphatic carbocycles. The van der Waals surface area contributed by atoms with E-state index in [1.807, 2.05) is 53.6 Å². The molecule has 0 saturated carbocycles. The van der Waals surface area contributed by atoms with Gasteiger partial charge in [0.15, 0.2) is 0 Å². The Morgan fingerprint density at radius 3 is 2.58 bits per heavy atom. The van der Waals surface area contributed by atoms with Gasteiger partial charge in [0.05, 0.1) is 17.9 Å².